The number of hydrogen-bond donors (Lipinski definition) is 2. The minimum Gasteiger partial charge on any atom is -0.368 e. The molecule has 4 aromatic rings. The largest absolute Gasteiger partial charge is 0.368 e. The van der Waals surface area contributed by atoms with Crippen molar-refractivity contribution in [2.45, 2.75) is 25.6 Å². The molecule has 0 saturated carbocycles. The number of benzene rings is 3. The molecule has 7 nitrogen and oxygen atoms in total. The van der Waals surface area contributed by atoms with Crippen molar-refractivity contribution in [2.24, 2.45) is 5.73 Å². The number of nitrogens with one attached hydrogen (secondary N) is 1. The van der Waals surface area contributed by atoms with Crippen LogP contribution >= 0.6 is 0 Å². The van der Waals surface area contributed by atoms with E-state index in [1.165, 1.54) is 49.0 Å². The lowest BCUT2D eigenvalue weighted by molar-refractivity contribution is -0.123. The SMILES string of the molecule is COCn1nc(-c2c(F)cccc2C(=O)NC(C)(Cc2ccccc2)C(N)=O)cc1-c1ccc(F)cc1. The first kappa shape index (κ1) is 25.7. The highest BCUT2D eigenvalue weighted by molar-refractivity contribution is 6.03. The van der Waals surface area contributed by atoms with Gasteiger partial charge in [0.25, 0.3) is 5.91 Å². The summed E-state index contributed by atoms with van der Waals surface area (Å²) in [4.78, 5) is 25.8. The quantitative estimate of drug-likeness (QED) is 0.355. The van der Waals surface area contributed by atoms with Gasteiger partial charge in [-0.3, -0.25) is 9.59 Å². The van der Waals surface area contributed by atoms with Crippen LogP contribution in [-0.2, 0) is 22.7 Å². The van der Waals surface area contributed by atoms with E-state index in [1.54, 1.807) is 18.2 Å². The van der Waals surface area contributed by atoms with Crippen LogP contribution in [0.25, 0.3) is 22.5 Å². The average Bonchev–Trinajstić information content (AvgIpc) is 3.28. The lowest BCUT2D eigenvalue weighted by Crippen LogP contribution is -2.56. The van der Waals surface area contributed by atoms with Gasteiger partial charge in [0.15, 0.2) is 0 Å². The number of ether oxygens (including phenoxy) is 1. The summed E-state index contributed by atoms with van der Waals surface area (Å²) in [6.45, 7) is 1.57. The van der Waals surface area contributed by atoms with Gasteiger partial charge in [-0.2, -0.15) is 5.10 Å². The third-order valence-electron chi connectivity index (χ3n) is 6.02. The van der Waals surface area contributed by atoms with E-state index in [4.69, 9.17) is 10.5 Å². The topological polar surface area (TPSA) is 99.2 Å². The zero-order valence-electron chi connectivity index (χ0n) is 20.4. The molecule has 0 spiro atoms. The third kappa shape index (κ3) is 5.57. The molecule has 1 aromatic heterocycles. The maximum atomic E-state index is 15.2. The van der Waals surface area contributed by atoms with Gasteiger partial charge in [-0.05, 0) is 55.0 Å². The maximum absolute atomic E-state index is 15.2. The van der Waals surface area contributed by atoms with Gasteiger partial charge >= 0.3 is 0 Å². The van der Waals surface area contributed by atoms with Crippen molar-refractivity contribution in [1.29, 1.82) is 0 Å². The molecule has 3 aromatic carbocycles. The van der Waals surface area contributed by atoms with Crippen molar-refractivity contribution < 1.29 is 23.1 Å². The molecule has 0 aliphatic rings. The van der Waals surface area contributed by atoms with Crippen LogP contribution < -0.4 is 11.1 Å². The molecule has 1 heterocycles. The van der Waals surface area contributed by atoms with Crippen LogP contribution in [0.3, 0.4) is 0 Å². The van der Waals surface area contributed by atoms with E-state index >= 15 is 4.39 Å². The Bertz CT molecular complexity index is 1420. The Balaban J connectivity index is 1.74. The number of hydrogen-bond acceptors (Lipinski definition) is 4. The van der Waals surface area contributed by atoms with Crippen LogP contribution in [0.2, 0.25) is 0 Å². The van der Waals surface area contributed by atoms with E-state index in [0.29, 0.717) is 11.3 Å². The number of aromatic nitrogens is 2. The molecule has 4 rings (SSSR count). The highest BCUT2D eigenvalue weighted by Gasteiger charge is 2.34. The second-order valence-corrected chi connectivity index (χ2v) is 8.81. The van der Waals surface area contributed by atoms with Crippen molar-refractivity contribution in [1.82, 2.24) is 15.1 Å². The zero-order valence-corrected chi connectivity index (χ0v) is 20.4. The molecule has 0 bridgehead atoms. The summed E-state index contributed by atoms with van der Waals surface area (Å²) in [6, 6.07) is 20.5. The Morgan fingerprint density at radius 3 is 2.38 bits per heavy atom. The molecule has 0 aliphatic carbocycles. The Hall–Kier alpha value is -4.37. The number of nitrogens with two attached hydrogens (primary N) is 1. The van der Waals surface area contributed by atoms with E-state index in [9.17, 15) is 14.0 Å². The number of carbonyl (C=O) groups is 2. The smallest absolute Gasteiger partial charge is 0.252 e. The minimum atomic E-state index is -1.43. The molecular weight excluding hydrogens is 478 g/mol. The number of halogens is 2. The number of primary amides is 1. The lowest BCUT2D eigenvalue weighted by Gasteiger charge is -2.28. The number of carbonyl (C=O) groups excluding carboxylic acids is 2. The van der Waals surface area contributed by atoms with E-state index in [2.05, 4.69) is 10.4 Å². The average molecular weight is 505 g/mol. The molecule has 1 unspecified atom stereocenters. The Labute approximate surface area is 212 Å². The van der Waals surface area contributed by atoms with Gasteiger partial charge in [-0.1, -0.05) is 36.4 Å². The van der Waals surface area contributed by atoms with Crippen LogP contribution in [-0.4, -0.2) is 34.2 Å². The van der Waals surface area contributed by atoms with Gasteiger partial charge in [0.1, 0.15) is 23.9 Å². The van der Waals surface area contributed by atoms with Gasteiger partial charge in [-0.15, -0.1) is 0 Å². The monoisotopic (exact) mass is 504 g/mol. The van der Waals surface area contributed by atoms with Crippen LogP contribution in [0.5, 0.6) is 0 Å². The fourth-order valence-corrected chi connectivity index (χ4v) is 4.10. The predicted molar refractivity (Wildman–Crippen MR) is 135 cm³/mol. The molecule has 3 N–H and O–H groups in total. The second kappa shape index (κ2) is 10.7. The summed E-state index contributed by atoms with van der Waals surface area (Å²) < 4.78 is 35.4. The van der Waals surface area contributed by atoms with Gasteiger partial charge < -0.3 is 15.8 Å². The van der Waals surface area contributed by atoms with Crippen LogP contribution in [0.4, 0.5) is 8.78 Å². The van der Waals surface area contributed by atoms with Crippen molar-refractivity contribution in [3.63, 3.8) is 0 Å². The summed E-state index contributed by atoms with van der Waals surface area (Å²) in [5, 5.41) is 7.16. The number of rotatable bonds is 9. The minimum absolute atomic E-state index is 0.0201. The molecule has 0 saturated heterocycles. The first-order valence-corrected chi connectivity index (χ1v) is 11.5. The molecular formula is C28H26F2N4O3. The first-order valence-electron chi connectivity index (χ1n) is 11.5. The Kier molecular flexibility index (Phi) is 7.45. The fourth-order valence-electron chi connectivity index (χ4n) is 4.10. The van der Waals surface area contributed by atoms with Gasteiger partial charge in [0.2, 0.25) is 5.91 Å². The van der Waals surface area contributed by atoms with E-state index < -0.39 is 29.0 Å². The molecule has 9 heteroatoms. The van der Waals surface area contributed by atoms with Crippen molar-refractivity contribution in [3.8, 4) is 22.5 Å². The molecule has 0 aliphatic heterocycles. The fraction of sp³-hybridized carbons (Fsp3) is 0.179. The summed E-state index contributed by atoms with van der Waals surface area (Å²) in [5.74, 6) is -2.49. The van der Waals surface area contributed by atoms with Crippen molar-refractivity contribution >= 4 is 11.8 Å². The summed E-state index contributed by atoms with van der Waals surface area (Å²) in [6.07, 6.45) is 0.150. The number of amides is 2. The first-order chi connectivity index (χ1) is 17.7. The summed E-state index contributed by atoms with van der Waals surface area (Å²) in [5.41, 5.74) is 6.30. The highest BCUT2D eigenvalue weighted by Crippen LogP contribution is 2.31. The van der Waals surface area contributed by atoms with Gasteiger partial charge in [0.05, 0.1) is 22.5 Å². The Morgan fingerprint density at radius 2 is 1.73 bits per heavy atom. The molecule has 2 amide bonds. The van der Waals surface area contributed by atoms with Crippen molar-refractivity contribution in [2.75, 3.05) is 7.11 Å². The molecule has 0 fully saturated rings. The van der Waals surface area contributed by atoms with Crippen LogP contribution in [0.1, 0.15) is 22.8 Å². The summed E-state index contributed by atoms with van der Waals surface area (Å²) >= 11 is 0. The molecule has 1 atom stereocenters. The Morgan fingerprint density at radius 1 is 1.03 bits per heavy atom. The van der Waals surface area contributed by atoms with Gasteiger partial charge in [0, 0.05) is 19.1 Å². The van der Waals surface area contributed by atoms with E-state index in [-0.39, 0.29) is 30.0 Å². The lowest BCUT2D eigenvalue weighted by atomic mass is 9.91. The van der Waals surface area contributed by atoms with Gasteiger partial charge in [-0.25, -0.2) is 13.5 Å². The number of methoxy groups -OCH3 is 1. The van der Waals surface area contributed by atoms with Crippen molar-refractivity contribution in [3.05, 3.63) is 102 Å². The normalized spacial score (nSPS) is 12.6. The standard InChI is InChI=1S/C28H26F2N4O3/c1-28(27(31)36,16-18-7-4-3-5-8-18)32-26(35)21-9-6-10-22(30)25(21)23-15-24(34(33-23)17-37-2)19-11-13-20(29)14-12-19/h3-15H,16-17H2,1-2H3,(H2,31,36)(H,32,35). The zero-order chi connectivity index (χ0) is 26.6. The second-order valence-electron chi connectivity index (χ2n) is 8.81. The van der Waals surface area contributed by atoms with E-state index in [1.807, 2.05) is 30.3 Å². The maximum Gasteiger partial charge on any atom is 0.252 e. The summed E-state index contributed by atoms with van der Waals surface area (Å²) in [7, 11) is 1.48. The molecule has 0 radical (unpaired) electrons. The van der Waals surface area contributed by atoms with Crippen LogP contribution in [0.15, 0.2) is 78.9 Å². The predicted octanol–water partition coefficient (Wildman–Crippen LogP) is 4.32. The number of nitrogens with zero attached hydrogens (tertiary/aromatic N) is 2. The highest BCUT2D eigenvalue weighted by atomic mass is 19.1. The molecule has 190 valence electrons. The molecule has 37 heavy (non-hydrogen) atoms. The van der Waals surface area contributed by atoms with E-state index in [0.717, 1.165) is 5.56 Å². The third-order valence-corrected chi connectivity index (χ3v) is 6.02. The van der Waals surface area contributed by atoms with Crippen LogP contribution in [0, 0.1) is 11.6 Å².